The summed E-state index contributed by atoms with van der Waals surface area (Å²) in [6.07, 6.45) is 1.66. The Labute approximate surface area is 181 Å². The van der Waals surface area contributed by atoms with Gasteiger partial charge in [-0.15, -0.1) is 0 Å². The lowest BCUT2D eigenvalue weighted by atomic mass is 10.1. The molecular formula is C24H25N3O2S. The van der Waals surface area contributed by atoms with E-state index >= 15 is 0 Å². The van der Waals surface area contributed by atoms with Gasteiger partial charge in [-0.05, 0) is 80.3 Å². The highest BCUT2D eigenvalue weighted by Crippen LogP contribution is 2.30. The molecule has 0 fully saturated rings. The topological polar surface area (TPSA) is 71.1 Å². The number of amides is 2. The summed E-state index contributed by atoms with van der Waals surface area (Å²) < 4.78 is 0. The van der Waals surface area contributed by atoms with Crippen molar-refractivity contribution >= 4 is 29.3 Å². The van der Waals surface area contributed by atoms with Crippen LogP contribution in [0.3, 0.4) is 0 Å². The van der Waals surface area contributed by atoms with Crippen LogP contribution in [-0.4, -0.2) is 23.3 Å². The van der Waals surface area contributed by atoms with Crippen LogP contribution < -0.4 is 10.6 Å². The Bertz CT molecular complexity index is 1100. The van der Waals surface area contributed by atoms with E-state index in [0.717, 1.165) is 21.7 Å². The van der Waals surface area contributed by atoms with Crippen molar-refractivity contribution in [2.45, 2.75) is 37.6 Å². The van der Waals surface area contributed by atoms with Crippen molar-refractivity contribution < 1.29 is 9.59 Å². The number of aromatic nitrogens is 1. The fourth-order valence-corrected chi connectivity index (χ4v) is 3.85. The number of hydrogen-bond donors (Lipinski definition) is 2. The molecule has 5 nitrogen and oxygen atoms in total. The van der Waals surface area contributed by atoms with Gasteiger partial charge in [-0.3, -0.25) is 9.59 Å². The highest BCUT2D eigenvalue weighted by Gasteiger charge is 2.15. The number of benzene rings is 2. The van der Waals surface area contributed by atoms with Gasteiger partial charge < -0.3 is 10.6 Å². The molecule has 2 aromatic carbocycles. The number of rotatable bonds is 6. The summed E-state index contributed by atoms with van der Waals surface area (Å²) in [6.45, 7) is 7.95. The number of anilines is 1. The number of hydrogen-bond acceptors (Lipinski definition) is 4. The molecule has 2 N–H and O–H groups in total. The standard InChI is InChI=1S/C24H25N3O2S/c1-15-10-11-19(13-17(15)3)30-24-20(8-6-12-25-24)23(29)26-14-22(28)27-21-9-5-7-16(2)18(21)4/h5-13H,14H2,1-4H3,(H,26,29)(H,27,28). The Morgan fingerprint density at radius 2 is 1.73 bits per heavy atom. The first-order valence-corrected chi connectivity index (χ1v) is 10.5. The Hall–Kier alpha value is -3.12. The molecular weight excluding hydrogens is 394 g/mol. The minimum absolute atomic E-state index is 0.116. The quantitative estimate of drug-likeness (QED) is 0.600. The van der Waals surface area contributed by atoms with E-state index in [1.807, 2.05) is 38.1 Å². The molecule has 0 spiro atoms. The van der Waals surface area contributed by atoms with Crippen LogP contribution >= 0.6 is 11.8 Å². The highest BCUT2D eigenvalue weighted by atomic mass is 32.2. The minimum Gasteiger partial charge on any atom is -0.343 e. The number of aryl methyl sites for hydroxylation is 3. The van der Waals surface area contributed by atoms with E-state index in [1.165, 1.54) is 22.9 Å². The van der Waals surface area contributed by atoms with Crippen LogP contribution in [0.5, 0.6) is 0 Å². The van der Waals surface area contributed by atoms with E-state index < -0.39 is 0 Å². The molecule has 0 aliphatic carbocycles. The first kappa shape index (κ1) is 21.6. The van der Waals surface area contributed by atoms with Crippen LogP contribution in [0.2, 0.25) is 0 Å². The van der Waals surface area contributed by atoms with Crippen LogP contribution in [0.1, 0.15) is 32.6 Å². The van der Waals surface area contributed by atoms with Crippen LogP contribution in [0.4, 0.5) is 5.69 Å². The molecule has 0 saturated carbocycles. The molecule has 6 heteroatoms. The molecule has 3 aromatic rings. The van der Waals surface area contributed by atoms with E-state index in [1.54, 1.807) is 18.3 Å². The maximum atomic E-state index is 12.7. The van der Waals surface area contributed by atoms with Crippen LogP contribution in [0.25, 0.3) is 0 Å². The van der Waals surface area contributed by atoms with Crippen molar-refractivity contribution in [3.05, 3.63) is 82.5 Å². The van der Waals surface area contributed by atoms with Crippen molar-refractivity contribution in [2.75, 3.05) is 11.9 Å². The molecule has 1 heterocycles. The smallest absolute Gasteiger partial charge is 0.254 e. The van der Waals surface area contributed by atoms with E-state index in [2.05, 4.69) is 41.6 Å². The van der Waals surface area contributed by atoms with Gasteiger partial charge in [0.05, 0.1) is 12.1 Å². The van der Waals surface area contributed by atoms with Gasteiger partial charge in [0.15, 0.2) is 0 Å². The second-order valence-electron chi connectivity index (χ2n) is 7.18. The largest absolute Gasteiger partial charge is 0.343 e. The zero-order valence-corrected chi connectivity index (χ0v) is 18.4. The molecule has 0 atom stereocenters. The minimum atomic E-state index is -0.328. The molecule has 0 bridgehead atoms. The number of nitrogens with zero attached hydrogens (tertiary/aromatic N) is 1. The van der Waals surface area contributed by atoms with Crippen molar-refractivity contribution in [3.63, 3.8) is 0 Å². The summed E-state index contributed by atoms with van der Waals surface area (Å²) in [5.74, 6) is -0.602. The molecule has 154 valence electrons. The SMILES string of the molecule is Cc1ccc(Sc2ncccc2C(=O)NCC(=O)Nc2cccc(C)c2C)cc1C. The fourth-order valence-electron chi connectivity index (χ4n) is 2.87. The maximum absolute atomic E-state index is 12.7. The van der Waals surface area contributed by atoms with E-state index in [4.69, 9.17) is 0 Å². The second-order valence-corrected chi connectivity index (χ2v) is 8.24. The third-order valence-corrected chi connectivity index (χ3v) is 6.01. The van der Waals surface area contributed by atoms with E-state index in [0.29, 0.717) is 10.6 Å². The van der Waals surface area contributed by atoms with Crippen molar-refractivity contribution in [1.82, 2.24) is 10.3 Å². The highest BCUT2D eigenvalue weighted by molar-refractivity contribution is 7.99. The molecule has 0 saturated heterocycles. The molecule has 0 radical (unpaired) electrons. The summed E-state index contributed by atoms with van der Waals surface area (Å²) in [6, 6.07) is 15.3. The average molecular weight is 420 g/mol. The number of pyridine rings is 1. The van der Waals surface area contributed by atoms with Gasteiger partial charge in [0, 0.05) is 16.8 Å². The summed E-state index contributed by atoms with van der Waals surface area (Å²) in [4.78, 5) is 30.4. The summed E-state index contributed by atoms with van der Waals surface area (Å²) in [5, 5.41) is 6.15. The number of carbonyl (C=O) groups is 2. The fraction of sp³-hybridized carbons (Fsp3) is 0.208. The number of nitrogens with one attached hydrogen (secondary N) is 2. The Morgan fingerprint density at radius 3 is 2.50 bits per heavy atom. The molecule has 30 heavy (non-hydrogen) atoms. The van der Waals surface area contributed by atoms with Crippen molar-refractivity contribution in [1.29, 1.82) is 0 Å². The van der Waals surface area contributed by atoms with Gasteiger partial charge >= 0.3 is 0 Å². The first-order valence-electron chi connectivity index (χ1n) is 9.69. The van der Waals surface area contributed by atoms with Gasteiger partial charge in [-0.25, -0.2) is 4.98 Å². The van der Waals surface area contributed by atoms with Gasteiger partial charge in [0.1, 0.15) is 5.03 Å². The number of carbonyl (C=O) groups excluding carboxylic acids is 2. The van der Waals surface area contributed by atoms with Gasteiger partial charge in [-0.2, -0.15) is 0 Å². The average Bonchev–Trinajstić information content (AvgIpc) is 2.73. The summed E-state index contributed by atoms with van der Waals surface area (Å²) in [5.41, 5.74) is 5.71. The molecule has 1 aromatic heterocycles. The summed E-state index contributed by atoms with van der Waals surface area (Å²) >= 11 is 1.43. The zero-order chi connectivity index (χ0) is 21.7. The molecule has 0 unspecified atom stereocenters. The summed E-state index contributed by atoms with van der Waals surface area (Å²) in [7, 11) is 0. The van der Waals surface area contributed by atoms with Crippen molar-refractivity contribution in [2.24, 2.45) is 0 Å². The normalized spacial score (nSPS) is 10.5. The lowest BCUT2D eigenvalue weighted by Gasteiger charge is -2.12. The molecule has 0 aliphatic heterocycles. The lowest BCUT2D eigenvalue weighted by Crippen LogP contribution is -2.33. The monoisotopic (exact) mass is 419 g/mol. The van der Waals surface area contributed by atoms with Gasteiger partial charge in [-0.1, -0.05) is 30.0 Å². The Balaban J connectivity index is 1.66. The predicted molar refractivity (Wildman–Crippen MR) is 121 cm³/mol. The van der Waals surface area contributed by atoms with Gasteiger partial charge in [0.2, 0.25) is 5.91 Å². The second kappa shape index (κ2) is 9.59. The first-order chi connectivity index (χ1) is 14.3. The van der Waals surface area contributed by atoms with E-state index in [9.17, 15) is 9.59 Å². The molecule has 2 amide bonds. The van der Waals surface area contributed by atoms with Crippen LogP contribution in [0.15, 0.2) is 64.6 Å². The van der Waals surface area contributed by atoms with Gasteiger partial charge in [0.25, 0.3) is 5.91 Å². The van der Waals surface area contributed by atoms with E-state index in [-0.39, 0.29) is 18.4 Å². The lowest BCUT2D eigenvalue weighted by molar-refractivity contribution is -0.115. The third-order valence-electron chi connectivity index (χ3n) is 5.00. The van der Waals surface area contributed by atoms with Crippen LogP contribution in [-0.2, 0) is 4.79 Å². The zero-order valence-electron chi connectivity index (χ0n) is 17.6. The maximum Gasteiger partial charge on any atom is 0.254 e. The predicted octanol–water partition coefficient (Wildman–Crippen LogP) is 4.83. The van der Waals surface area contributed by atoms with Crippen LogP contribution in [0, 0.1) is 27.7 Å². The molecule has 3 rings (SSSR count). The third kappa shape index (κ3) is 5.27. The van der Waals surface area contributed by atoms with Crippen molar-refractivity contribution in [3.8, 4) is 0 Å². The Kier molecular flexibility index (Phi) is 6.90. The Morgan fingerprint density at radius 1 is 0.933 bits per heavy atom. The molecule has 0 aliphatic rings.